The maximum absolute atomic E-state index is 13.7. The van der Waals surface area contributed by atoms with Crippen LogP contribution in [0.3, 0.4) is 0 Å². The molecular weight excluding hydrogens is 540 g/mol. The Labute approximate surface area is 203 Å². The minimum Gasteiger partial charge on any atom is -0.355 e. The van der Waals surface area contributed by atoms with Crippen LogP contribution in [0.4, 0.5) is 0 Å². The van der Waals surface area contributed by atoms with Crippen LogP contribution in [0.2, 0.25) is 0 Å². The molecule has 1 aliphatic rings. The lowest BCUT2D eigenvalue weighted by molar-refractivity contribution is -0.124. The molecule has 1 atom stereocenters. The van der Waals surface area contributed by atoms with Crippen molar-refractivity contribution in [2.75, 3.05) is 6.54 Å². The minimum absolute atomic E-state index is 0.0707. The van der Waals surface area contributed by atoms with Gasteiger partial charge in [-0.15, -0.1) is 22.9 Å². The van der Waals surface area contributed by atoms with Crippen LogP contribution < -0.4 is 5.32 Å². The molecule has 1 N–H and O–H groups in total. The summed E-state index contributed by atoms with van der Waals surface area (Å²) < 4.78 is 34.8. The summed E-state index contributed by atoms with van der Waals surface area (Å²) in [5, 5.41) is 6.69. The molecule has 0 bridgehead atoms. The van der Waals surface area contributed by atoms with E-state index in [9.17, 15) is 13.2 Å². The third kappa shape index (κ3) is 5.07. The number of alkyl halides is 1. The van der Waals surface area contributed by atoms with Crippen LogP contribution in [-0.2, 0) is 27.2 Å². The second-order valence-corrected chi connectivity index (χ2v) is 11.6. The SMILES string of the molecule is O=C1NCCCC[C@H]1N(Cc1ccc(Br)cc1)S(=O)(=O)c1ccc(-c2noc(CCl)n2)s1. The molecule has 1 saturated heterocycles. The van der Waals surface area contributed by atoms with Crippen LogP contribution in [0.15, 0.2) is 49.6 Å². The van der Waals surface area contributed by atoms with Crippen LogP contribution in [0.1, 0.15) is 30.7 Å². The van der Waals surface area contributed by atoms with Crippen molar-refractivity contribution < 1.29 is 17.7 Å². The van der Waals surface area contributed by atoms with Gasteiger partial charge in [-0.25, -0.2) is 8.42 Å². The van der Waals surface area contributed by atoms with Crippen LogP contribution in [0.25, 0.3) is 10.7 Å². The summed E-state index contributed by atoms with van der Waals surface area (Å²) in [4.78, 5) is 17.5. The number of nitrogens with one attached hydrogen (secondary N) is 1. The fourth-order valence-corrected chi connectivity index (χ4v) is 6.77. The Morgan fingerprint density at radius 3 is 2.72 bits per heavy atom. The zero-order valence-corrected chi connectivity index (χ0v) is 20.8. The summed E-state index contributed by atoms with van der Waals surface area (Å²) in [5.41, 5.74) is 0.788. The van der Waals surface area contributed by atoms with Gasteiger partial charge in [0.05, 0.1) is 4.88 Å². The van der Waals surface area contributed by atoms with Gasteiger partial charge in [-0.3, -0.25) is 4.79 Å². The number of sulfonamides is 1. The summed E-state index contributed by atoms with van der Waals surface area (Å²) in [7, 11) is -3.98. The van der Waals surface area contributed by atoms with Crippen molar-refractivity contribution in [2.45, 2.75) is 41.9 Å². The van der Waals surface area contributed by atoms with E-state index >= 15 is 0 Å². The number of thiophene rings is 1. The second-order valence-electron chi connectivity index (χ2n) is 7.24. The van der Waals surface area contributed by atoms with Crippen molar-refractivity contribution in [3.05, 3.63) is 52.3 Å². The predicted octanol–water partition coefficient (Wildman–Crippen LogP) is 4.16. The normalized spacial score (nSPS) is 17.3. The Kier molecular flexibility index (Phi) is 7.30. The standard InChI is InChI=1S/C20H20BrClN4O4S2/c21-14-6-4-13(5-7-14)12-26(15-3-1-2-10-23-20(15)27)32(28,29)18-9-8-16(31-18)19-24-17(11-22)30-25-19/h4-9,15H,1-3,10-12H2,(H,23,27)/t15-/m1/s1. The van der Waals surface area contributed by atoms with Gasteiger partial charge in [-0.05, 0) is 49.1 Å². The highest BCUT2D eigenvalue weighted by Gasteiger charge is 2.37. The van der Waals surface area contributed by atoms with Crippen LogP contribution in [-0.4, -0.2) is 41.4 Å². The molecule has 3 heterocycles. The highest BCUT2D eigenvalue weighted by Crippen LogP contribution is 2.33. The molecule has 1 fully saturated rings. The van der Waals surface area contributed by atoms with Gasteiger partial charge in [0.25, 0.3) is 10.0 Å². The topological polar surface area (TPSA) is 105 Å². The van der Waals surface area contributed by atoms with Crippen molar-refractivity contribution in [1.82, 2.24) is 19.8 Å². The number of benzene rings is 1. The quantitative estimate of drug-likeness (QED) is 0.436. The van der Waals surface area contributed by atoms with Gasteiger partial charge in [-0.1, -0.05) is 33.2 Å². The fourth-order valence-electron chi connectivity index (χ4n) is 3.43. The molecule has 2 aromatic heterocycles. The molecule has 4 rings (SSSR count). The number of hydrogen-bond donors (Lipinski definition) is 1. The Morgan fingerprint density at radius 2 is 2.00 bits per heavy atom. The number of hydrogen-bond acceptors (Lipinski definition) is 7. The first kappa shape index (κ1) is 23.4. The van der Waals surface area contributed by atoms with Crippen molar-refractivity contribution >= 4 is 54.8 Å². The average Bonchev–Trinajstić information content (AvgIpc) is 3.41. The number of nitrogens with zero attached hydrogens (tertiary/aromatic N) is 3. The molecule has 170 valence electrons. The molecule has 32 heavy (non-hydrogen) atoms. The molecule has 0 unspecified atom stereocenters. The summed E-state index contributed by atoms with van der Waals surface area (Å²) in [5.74, 6) is 0.330. The Balaban J connectivity index is 1.70. The molecule has 0 saturated carbocycles. The van der Waals surface area contributed by atoms with E-state index in [-0.39, 0.29) is 34.3 Å². The Bertz CT molecular complexity index is 1200. The van der Waals surface area contributed by atoms with E-state index in [1.54, 1.807) is 6.07 Å². The predicted molar refractivity (Wildman–Crippen MR) is 125 cm³/mol. The summed E-state index contributed by atoms with van der Waals surface area (Å²) in [6.45, 7) is 0.630. The van der Waals surface area contributed by atoms with Gasteiger partial charge in [0.15, 0.2) is 0 Å². The van der Waals surface area contributed by atoms with Crippen molar-refractivity contribution in [3.8, 4) is 10.7 Å². The smallest absolute Gasteiger partial charge is 0.253 e. The Hall–Kier alpha value is -1.79. The lowest BCUT2D eigenvalue weighted by atomic mass is 10.1. The van der Waals surface area contributed by atoms with Gasteiger partial charge in [-0.2, -0.15) is 9.29 Å². The van der Waals surface area contributed by atoms with Crippen LogP contribution in [0.5, 0.6) is 0 Å². The van der Waals surface area contributed by atoms with Gasteiger partial charge in [0.2, 0.25) is 17.6 Å². The minimum atomic E-state index is -3.98. The van der Waals surface area contributed by atoms with E-state index < -0.39 is 16.1 Å². The molecule has 8 nitrogen and oxygen atoms in total. The average molecular weight is 560 g/mol. The first-order valence-corrected chi connectivity index (χ1v) is 13.5. The maximum atomic E-state index is 13.7. The second kappa shape index (κ2) is 10.0. The Morgan fingerprint density at radius 1 is 1.22 bits per heavy atom. The molecule has 0 aliphatic carbocycles. The lowest BCUT2D eigenvalue weighted by Crippen LogP contribution is -2.48. The molecule has 0 spiro atoms. The molecule has 3 aromatic rings. The largest absolute Gasteiger partial charge is 0.355 e. The number of halogens is 2. The van der Waals surface area contributed by atoms with Gasteiger partial charge < -0.3 is 9.84 Å². The third-order valence-corrected chi connectivity index (χ3v) is 9.21. The number of carbonyl (C=O) groups excluding carboxylic acids is 1. The highest BCUT2D eigenvalue weighted by molar-refractivity contribution is 9.10. The number of carbonyl (C=O) groups is 1. The van der Waals surface area contributed by atoms with E-state index in [0.29, 0.717) is 17.8 Å². The molecule has 1 amide bonds. The van der Waals surface area contributed by atoms with E-state index in [1.165, 1.54) is 10.4 Å². The summed E-state index contributed by atoms with van der Waals surface area (Å²) >= 11 is 10.1. The van der Waals surface area contributed by atoms with E-state index in [4.69, 9.17) is 16.1 Å². The van der Waals surface area contributed by atoms with Gasteiger partial charge in [0, 0.05) is 17.6 Å². The number of rotatable bonds is 7. The lowest BCUT2D eigenvalue weighted by Gasteiger charge is -2.28. The molecule has 1 aliphatic heterocycles. The fraction of sp³-hybridized carbons (Fsp3) is 0.350. The first-order valence-electron chi connectivity index (χ1n) is 9.91. The monoisotopic (exact) mass is 558 g/mol. The summed E-state index contributed by atoms with van der Waals surface area (Å²) in [6.07, 6.45) is 2.04. The molecule has 12 heteroatoms. The summed E-state index contributed by atoms with van der Waals surface area (Å²) in [6, 6.07) is 9.73. The number of amides is 1. The number of aromatic nitrogens is 2. The van der Waals surface area contributed by atoms with E-state index in [0.717, 1.165) is 34.2 Å². The van der Waals surface area contributed by atoms with Crippen LogP contribution >= 0.6 is 38.9 Å². The van der Waals surface area contributed by atoms with E-state index in [2.05, 4.69) is 31.4 Å². The maximum Gasteiger partial charge on any atom is 0.253 e. The molecule has 0 radical (unpaired) electrons. The van der Waals surface area contributed by atoms with Gasteiger partial charge >= 0.3 is 0 Å². The van der Waals surface area contributed by atoms with Crippen molar-refractivity contribution in [1.29, 1.82) is 0 Å². The zero-order valence-electron chi connectivity index (χ0n) is 16.8. The van der Waals surface area contributed by atoms with Gasteiger partial charge in [0.1, 0.15) is 16.1 Å². The molecular formula is C20H20BrClN4O4S2. The van der Waals surface area contributed by atoms with Crippen molar-refractivity contribution in [3.63, 3.8) is 0 Å². The van der Waals surface area contributed by atoms with E-state index in [1.807, 2.05) is 24.3 Å². The molecule has 1 aromatic carbocycles. The highest BCUT2D eigenvalue weighted by atomic mass is 79.9. The third-order valence-electron chi connectivity index (χ3n) is 5.05. The first-order chi connectivity index (χ1) is 15.4. The van der Waals surface area contributed by atoms with Crippen LogP contribution in [0, 0.1) is 0 Å². The van der Waals surface area contributed by atoms with Crippen molar-refractivity contribution in [2.24, 2.45) is 0 Å². The zero-order chi connectivity index (χ0) is 22.7.